The molecule has 2 amide bonds. The molecule has 2 heterocycles. The van der Waals surface area contributed by atoms with E-state index in [0.717, 1.165) is 22.6 Å². The van der Waals surface area contributed by atoms with Gasteiger partial charge in [-0.25, -0.2) is 0 Å². The van der Waals surface area contributed by atoms with Gasteiger partial charge >= 0.3 is 0 Å². The zero-order chi connectivity index (χ0) is 31.6. The van der Waals surface area contributed by atoms with E-state index in [2.05, 4.69) is 31.9 Å². The van der Waals surface area contributed by atoms with Crippen molar-refractivity contribution in [2.75, 3.05) is 13.2 Å². The van der Waals surface area contributed by atoms with E-state index >= 15 is 0 Å². The number of amides is 2. The molecule has 232 valence electrons. The molecule has 2 aromatic carbocycles. The van der Waals surface area contributed by atoms with Crippen LogP contribution in [0.4, 0.5) is 0 Å². The minimum atomic E-state index is -0.821. The van der Waals surface area contributed by atoms with Gasteiger partial charge < -0.3 is 29.2 Å². The maximum atomic E-state index is 13.1. The fraction of sp³-hybridized carbons (Fsp3) is 0.594. The van der Waals surface area contributed by atoms with Gasteiger partial charge in [-0.3, -0.25) is 9.59 Å². The highest BCUT2D eigenvalue weighted by Crippen LogP contribution is 2.38. The molecule has 0 saturated carbocycles. The molecule has 10 heteroatoms. The normalized spacial score (nSPS) is 23.5. The van der Waals surface area contributed by atoms with Crippen molar-refractivity contribution in [1.82, 2.24) is 9.80 Å². The van der Waals surface area contributed by atoms with Crippen molar-refractivity contribution in [2.45, 2.75) is 94.7 Å². The number of alkyl halides is 2. The van der Waals surface area contributed by atoms with Crippen molar-refractivity contribution in [3.63, 3.8) is 0 Å². The molecular weight excluding hydrogens is 668 g/mol. The van der Waals surface area contributed by atoms with Crippen molar-refractivity contribution in [3.8, 4) is 0 Å². The second-order valence-corrected chi connectivity index (χ2v) is 14.5. The zero-order valence-electron chi connectivity index (χ0n) is 25.7. The Hall–Kier alpha value is -1.85. The summed E-state index contributed by atoms with van der Waals surface area (Å²) in [6.07, 6.45) is -0.0501. The largest absolute Gasteiger partial charge is 0.386 e. The lowest BCUT2D eigenvalue weighted by Gasteiger charge is -2.37. The summed E-state index contributed by atoms with van der Waals surface area (Å²) in [4.78, 5) is 38.9. The van der Waals surface area contributed by atoms with Gasteiger partial charge in [0, 0.05) is 0 Å². The number of carbonyl (C=O) groups is 3. The number of benzene rings is 2. The van der Waals surface area contributed by atoms with Crippen LogP contribution < -0.4 is 0 Å². The monoisotopic (exact) mass is 710 g/mol. The average Bonchev–Trinajstić information content (AvgIpc) is 3.44. The molecular formula is C32H44Br2N2O6. The standard InChI is InChI=1S/C21H26BrNO3.C11H18BrNO3/c1-13(2)18(22)20(25)23-17(12-26-21(23,3)4)19(24)16-11-7-9-14-8-5-6-10-15(14)16;1-7(2)9(12)10(15)13-8(5-14)6-16-11(13,3)4/h5-11,13,17-19,24H,12H2,1-4H3;5,7-9H,6H2,1-4H3/t17-,18?,19?;/m1./s1. The first kappa shape index (κ1) is 34.6. The molecule has 5 atom stereocenters. The number of hydrogen-bond acceptors (Lipinski definition) is 6. The minimum absolute atomic E-state index is 0.0493. The number of halogens is 2. The van der Waals surface area contributed by atoms with Crippen molar-refractivity contribution in [3.05, 3.63) is 48.0 Å². The third-order valence-electron chi connectivity index (χ3n) is 7.82. The highest BCUT2D eigenvalue weighted by Gasteiger charge is 2.49. The SMILES string of the molecule is CC(C)C(Br)C(=O)N1C(C=O)COC1(C)C.CC(C)C(Br)C(=O)N1[C@@H](C(O)c2cccc3ccccc23)COC1(C)C. The molecule has 0 bridgehead atoms. The van der Waals surface area contributed by atoms with Crippen LogP contribution in [0.3, 0.4) is 0 Å². The molecule has 0 aliphatic carbocycles. The van der Waals surface area contributed by atoms with Crippen LogP contribution in [0, 0.1) is 11.8 Å². The number of aldehydes is 1. The smallest absolute Gasteiger partial charge is 0.239 e. The third kappa shape index (κ3) is 7.26. The van der Waals surface area contributed by atoms with Crippen molar-refractivity contribution < 1.29 is 29.0 Å². The van der Waals surface area contributed by atoms with Crippen molar-refractivity contribution in [2.24, 2.45) is 11.8 Å². The van der Waals surface area contributed by atoms with Gasteiger partial charge in [0.15, 0.2) is 0 Å². The highest BCUT2D eigenvalue weighted by molar-refractivity contribution is 9.10. The maximum Gasteiger partial charge on any atom is 0.239 e. The molecule has 2 aliphatic rings. The minimum Gasteiger partial charge on any atom is -0.386 e. The van der Waals surface area contributed by atoms with Crippen LogP contribution >= 0.6 is 31.9 Å². The summed E-state index contributed by atoms with van der Waals surface area (Å²) in [5.74, 6) is 0.187. The summed E-state index contributed by atoms with van der Waals surface area (Å²) < 4.78 is 11.4. The second kappa shape index (κ2) is 13.8. The van der Waals surface area contributed by atoms with Crippen LogP contribution in [0.25, 0.3) is 10.8 Å². The Balaban J connectivity index is 0.000000260. The first-order valence-corrected chi connectivity index (χ1v) is 16.2. The number of hydrogen-bond donors (Lipinski definition) is 1. The summed E-state index contributed by atoms with van der Waals surface area (Å²) in [6.45, 7) is 15.8. The van der Waals surface area contributed by atoms with Crippen LogP contribution in [-0.4, -0.2) is 79.4 Å². The molecule has 4 rings (SSSR count). The van der Waals surface area contributed by atoms with E-state index < -0.39 is 29.6 Å². The van der Waals surface area contributed by atoms with Crippen LogP contribution in [-0.2, 0) is 23.9 Å². The quantitative estimate of drug-likeness (QED) is 0.287. The molecule has 0 aromatic heterocycles. The highest BCUT2D eigenvalue weighted by atomic mass is 79.9. The summed E-state index contributed by atoms with van der Waals surface area (Å²) in [5.41, 5.74) is -0.638. The molecule has 8 nitrogen and oxygen atoms in total. The fourth-order valence-corrected chi connectivity index (χ4v) is 5.85. The zero-order valence-corrected chi connectivity index (χ0v) is 28.9. The molecule has 2 aliphatic heterocycles. The average molecular weight is 713 g/mol. The van der Waals surface area contributed by atoms with Crippen LogP contribution in [0.15, 0.2) is 42.5 Å². The lowest BCUT2D eigenvalue weighted by Crippen LogP contribution is -2.53. The van der Waals surface area contributed by atoms with Gasteiger partial charge in [-0.05, 0) is 55.9 Å². The van der Waals surface area contributed by atoms with Gasteiger partial charge in [0.1, 0.15) is 29.9 Å². The summed E-state index contributed by atoms with van der Waals surface area (Å²) in [6, 6.07) is 13.0. The number of aliphatic hydroxyl groups excluding tert-OH is 1. The molecule has 2 saturated heterocycles. The van der Waals surface area contributed by atoms with Crippen molar-refractivity contribution >= 4 is 60.7 Å². The number of rotatable bonds is 7. The molecule has 0 spiro atoms. The van der Waals surface area contributed by atoms with Gasteiger partial charge in [0.2, 0.25) is 11.8 Å². The first-order chi connectivity index (χ1) is 19.5. The number of fused-ring (bicyclic) bond motifs is 1. The molecule has 4 unspecified atom stereocenters. The van der Waals surface area contributed by atoms with Crippen LogP contribution in [0.1, 0.15) is 67.1 Å². The lowest BCUT2D eigenvalue weighted by atomic mass is 9.95. The summed E-state index contributed by atoms with van der Waals surface area (Å²) >= 11 is 6.88. The third-order valence-corrected chi connectivity index (χ3v) is 10.7. The number of nitrogens with zero attached hydrogens (tertiary/aromatic N) is 2. The van der Waals surface area contributed by atoms with E-state index in [0.29, 0.717) is 6.61 Å². The van der Waals surface area contributed by atoms with Gasteiger partial charge in [0.05, 0.1) is 28.9 Å². The Labute approximate surface area is 266 Å². The van der Waals surface area contributed by atoms with Gasteiger partial charge in [-0.1, -0.05) is 102 Å². The number of ether oxygens (including phenoxy) is 2. The second-order valence-electron chi connectivity index (χ2n) is 12.5. The lowest BCUT2D eigenvalue weighted by molar-refractivity contribution is -0.148. The van der Waals surface area contributed by atoms with Crippen LogP contribution in [0.5, 0.6) is 0 Å². The van der Waals surface area contributed by atoms with E-state index in [4.69, 9.17) is 9.47 Å². The molecule has 42 heavy (non-hydrogen) atoms. The Kier molecular flexibility index (Phi) is 11.4. The Morgan fingerprint density at radius 1 is 0.857 bits per heavy atom. The Morgan fingerprint density at radius 2 is 1.36 bits per heavy atom. The van der Waals surface area contributed by atoms with Crippen LogP contribution in [0.2, 0.25) is 0 Å². The topological polar surface area (TPSA) is 96.4 Å². The number of aliphatic hydroxyl groups is 1. The van der Waals surface area contributed by atoms with Gasteiger partial charge in [-0.15, -0.1) is 0 Å². The fourth-order valence-electron chi connectivity index (χ4n) is 5.41. The Bertz CT molecular complexity index is 1260. The summed E-state index contributed by atoms with van der Waals surface area (Å²) in [7, 11) is 0. The number of carbonyl (C=O) groups excluding carboxylic acids is 3. The van der Waals surface area contributed by atoms with Crippen molar-refractivity contribution in [1.29, 1.82) is 0 Å². The van der Waals surface area contributed by atoms with Gasteiger partial charge in [-0.2, -0.15) is 0 Å². The molecule has 2 aromatic rings. The maximum absolute atomic E-state index is 13.1. The van der Waals surface area contributed by atoms with Gasteiger partial charge in [0.25, 0.3) is 0 Å². The molecule has 0 radical (unpaired) electrons. The van der Waals surface area contributed by atoms with E-state index in [9.17, 15) is 19.5 Å². The van der Waals surface area contributed by atoms with E-state index in [1.54, 1.807) is 18.7 Å². The van der Waals surface area contributed by atoms with E-state index in [1.165, 1.54) is 4.90 Å². The predicted molar refractivity (Wildman–Crippen MR) is 171 cm³/mol. The molecule has 1 N–H and O–H groups in total. The Morgan fingerprint density at radius 3 is 1.93 bits per heavy atom. The molecule has 2 fully saturated rings. The van der Waals surface area contributed by atoms with E-state index in [1.807, 2.05) is 84.0 Å². The summed E-state index contributed by atoms with van der Waals surface area (Å²) in [5, 5.41) is 13.3. The predicted octanol–water partition coefficient (Wildman–Crippen LogP) is 5.82. The van der Waals surface area contributed by atoms with E-state index in [-0.39, 0.29) is 39.9 Å². The first-order valence-electron chi connectivity index (χ1n) is 14.4.